The summed E-state index contributed by atoms with van der Waals surface area (Å²) in [6.45, 7) is 2.17. The van der Waals surface area contributed by atoms with E-state index in [1.807, 2.05) is 0 Å². The second kappa shape index (κ2) is 3.67. The minimum atomic E-state index is 1.13. The molecule has 1 heteroatoms. The van der Waals surface area contributed by atoms with E-state index in [1.54, 1.807) is 11.8 Å². The summed E-state index contributed by atoms with van der Waals surface area (Å²) in [7, 11) is 0. The van der Waals surface area contributed by atoms with Gasteiger partial charge in [0.15, 0.2) is 0 Å². The average Bonchev–Trinajstić information content (AvgIpc) is 2.05. The van der Waals surface area contributed by atoms with Crippen LogP contribution in [0.3, 0.4) is 0 Å². The summed E-state index contributed by atoms with van der Waals surface area (Å²) >= 11 is 1.79. The molecular weight excluding hydrogens is 140 g/mol. The third kappa shape index (κ3) is 1.77. The van der Waals surface area contributed by atoms with E-state index in [4.69, 9.17) is 0 Å². The van der Waals surface area contributed by atoms with Crippen LogP contribution in [0.2, 0.25) is 0 Å². The van der Waals surface area contributed by atoms with Crippen molar-refractivity contribution < 1.29 is 0 Å². The summed E-state index contributed by atoms with van der Waals surface area (Å²) in [5.41, 5.74) is 1.41. The normalized spacial score (nSPS) is 9.80. The van der Waals surface area contributed by atoms with Gasteiger partial charge in [-0.2, -0.15) is 0 Å². The number of rotatable bonds is 2. The lowest BCUT2D eigenvalue weighted by Gasteiger charge is -1.97. The molecule has 0 saturated carbocycles. The van der Waals surface area contributed by atoms with Gasteiger partial charge < -0.3 is 0 Å². The lowest BCUT2D eigenvalue weighted by Crippen LogP contribution is -1.77. The highest BCUT2D eigenvalue weighted by Gasteiger charge is 1.88. The SMILES string of the molecule is CCc1ccc(SC)cc1. The molecule has 0 bridgehead atoms. The summed E-state index contributed by atoms with van der Waals surface area (Å²) in [6.07, 6.45) is 3.23. The van der Waals surface area contributed by atoms with Gasteiger partial charge in [0.1, 0.15) is 0 Å². The van der Waals surface area contributed by atoms with Crippen LogP contribution in [0.4, 0.5) is 0 Å². The maximum absolute atomic E-state index is 2.19. The van der Waals surface area contributed by atoms with Crippen molar-refractivity contribution in [1.82, 2.24) is 0 Å². The Kier molecular flexibility index (Phi) is 2.82. The fraction of sp³-hybridized carbons (Fsp3) is 0.333. The summed E-state index contributed by atoms with van der Waals surface area (Å²) in [5, 5.41) is 0. The Morgan fingerprint density at radius 2 is 1.80 bits per heavy atom. The van der Waals surface area contributed by atoms with Gasteiger partial charge in [-0.05, 0) is 30.4 Å². The summed E-state index contributed by atoms with van der Waals surface area (Å²) in [5.74, 6) is 0. The van der Waals surface area contributed by atoms with Gasteiger partial charge in [-0.25, -0.2) is 0 Å². The van der Waals surface area contributed by atoms with Crippen LogP contribution in [0.15, 0.2) is 29.2 Å². The molecular formula is C9H12S. The molecule has 54 valence electrons. The van der Waals surface area contributed by atoms with E-state index >= 15 is 0 Å². The Morgan fingerprint density at radius 3 is 2.20 bits per heavy atom. The first kappa shape index (κ1) is 7.67. The molecule has 0 heterocycles. The molecule has 0 aliphatic carbocycles. The summed E-state index contributed by atoms with van der Waals surface area (Å²) in [6, 6.07) is 8.71. The first-order valence-corrected chi connectivity index (χ1v) is 4.72. The van der Waals surface area contributed by atoms with Crippen molar-refractivity contribution in [2.45, 2.75) is 18.2 Å². The molecule has 0 N–H and O–H groups in total. The van der Waals surface area contributed by atoms with Crippen LogP contribution in [0.1, 0.15) is 12.5 Å². The predicted octanol–water partition coefficient (Wildman–Crippen LogP) is 2.97. The van der Waals surface area contributed by atoms with Gasteiger partial charge in [0.2, 0.25) is 0 Å². The Bertz CT molecular complexity index is 165. The van der Waals surface area contributed by atoms with Gasteiger partial charge in [0, 0.05) is 4.90 Å². The third-order valence-corrected chi connectivity index (χ3v) is 2.31. The van der Waals surface area contributed by atoms with E-state index in [9.17, 15) is 0 Å². The number of thioether (sulfide) groups is 1. The third-order valence-electron chi connectivity index (χ3n) is 1.57. The standard InChI is InChI=1S/C9H12S/c1-3-8-4-6-9(10-2)7-5-8/h4-7H,3H2,1-2H3. The van der Waals surface area contributed by atoms with E-state index in [1.165, 1.54) is 10.5 Å². The van der Waals surface area contributed by atoms with Crippen LogP contribution in [-0.4, -0.2) is 6.26 Å². The molecule has 0 aliphatic heterocycles. The quantitative estimate of drug-likeness (QED) is 0.587. The molecule has 0 fully saturated rings. The second-order valence-corrected chi connectivity index (χ2v) is 3.08. The van der Waals surface area contributed by atoms with Crippen LogP contribution < -0.4 is 0 Å². The molecule has 0 atom stereocenters. The van der Waals surface area contributed by atoms with E-state index in [0.29, 0.717) is 0 Å². The lowest BCUT2D eigenvalue weighted by molar-refractivity contribution is 1.13. The molecule has 0 saturated heterocycles. The van der Waals surface area contributed by atoms with E-state index in [2.05, 4.69) is 37.4 Å². The zero-order valence-electron chi connectivity index (χ0n) is 6.42. The fourth-order valence-corrected chi connectivity index (χ4v) is 1.27. The van der Waals surface area contributed by atoms with Crippen LogP contribution >= 0.6 is 11.8 Å². The smallest absolute Gasteiger partial charge is 0.00693 e. The molecule has 0 amide bonds. The molecule has 1 aromatic rings. The zero-order chi connectivity index (χ0) is 7.40. The van der Waals surface area contributed by atoms with Crippen LogP contribution in [0.5, 0.6) is 0 Å². The van der Waals surface area contributed by atoms with Gasteiger partial charge in [-0.1, -0.05) is 19.1 Å². The molecule has 0 aliphatic rings. The van der Waals surface area contributed by atoms with Crippen molar-refractivity contribution in [2.24, 2.45) is 0 Å². The average molecular weight is 152 g/mol. The van der Waals surface area contributed by atoms with Crippen molar-refractivity contribution in [3.63, 3.8) is 0 Å². The Labute approximate surface area is 66.6 Å². The van der Waals surface area contributed by atoms with E-state index < -0.39 is 0 Å². The molecule has 1 rings (SSSR count). The maximum Gasteiger partial charge on any atom is 0.00693 e. The lowest BCUT2D eigenvalue weighted by atomic mass is 10.2. The van der Waals surface area contributed by atoms with E-state index in [0.717, 1.165) is 6.42 Å². The fourth-order valence-electron chi connectivity index (χ4n) is 0.861. The molecule has 10 heavy (non-hydrogen) atoms. The van der Waals surface area contributed by atoms with Gasteiger partial charge in [0.25, 0.3) is 0 Å². The Hall–Kier alpha value is -0.430. The molecule has 0 nitrogen and oxygen atoms in total. The van der Waals surface area contributed by atoms with Gasteiger partial charge >= 0.3 is 0 Å². The second-order valence-electron chi connectivity index (χ2n) is 2.20. The van der Waals surface area contributed by atoms with Crippen LogP contribution in [0.25, 0.3) is 0 Å². The summed E-state index contributed by atoms with van der Waals surface area (Å²) in [4.78, 5) is 1.34. The minimum absolute atomic E-state index is 1.13. The number of hydrogen-bond donors (Lipinski definition) is 0. The monoisotopic (exact) mass is 152 g/mol. The number of hydrogen-bond acceptors (Lipinski definition) is 1. The summed E-state index contributed by atoms with van der Waals surface area (Å²) < 4.78 is 0. The van der Waals surface area contributed by atoms with Gasteiger partial charge in [0.05, 0.1) is 0 Å². The van der Waals surface area contributed by atoms with Gasteiger partial charge in [-0.3, -0.25) is 0 Å². The van der Waals surface area contributed by atoms with Crippen molar-refractivity contribution in [3.8, 4) is 0 Å². The highest BCUT2D eigenvalue weighted by Crippen LogP contribution is 2.14. The van der Waals surface area contributed by atoms with E-state index in [-0.39, 0.29) is 0 Å². The molecule has 0 aromatic heterocycles. The van der Waals surface area contributed by atoms with Crippen molar-refractivity contribution >= 4 is 11.8 Å². The van der Waals surface area contributed by atoms with Crippen molar-refractivity contribution in [1.29, 1.82) is 0 Å². The van der Waals surface area contributed by atoms with Crippen LogP contribution in [0, 0.1) is 0 Å². The first-order valence-electron chi connectivity index (χ1n) is 3.49. The predicted molar refractivity (Wildman–Crippen MR) is 47.6 cm³/mol. The Morgan fingerprint density at radius 1 is 1.20 bits per heavy atom. The molecule has 0 radical (unpaired) electrons. The Balaban J connectivity index is 2.80. The maximum atomic E-state index is 2.19. The van der Waals surface area contributed by atoms with Gasteiger partial charge in [-0.15, -0.1) is 11.8 Å². The molecule has 0 spiro atoms. The molecule has 1 aromatic carbocycles. The molecule has 0 unspecified atom stereocenters. The highest BCUT2D eigenvalue weighted by molar-refractivity contribution is 7.98. The van der Waals surface area contributed by atoms with Crippen LogP contribution in [-0.2, 0) is 6.42 Å². The zero-order valence-corrected chi connectivity index (χ0v) is 7.24. The number of benzene rings is 1. The van der Waals surface area contributed by atoms with Crippen molar-refractivity contribution in [2.75, 3.05) is 6.26 Å². The minimum Gasteiger partial charge on any atom is -0.130 e. The first-order chi connectivity index (χ1) is 4.86. The van der Waals surface area contributed by atoms with Crippen molar-refractivity contribution in [3.05, 3.63) is 29.8 Å². The number of aryl methyl sites for hydroxylation is 1. The largest absolute Gasteiger partial charge is 0.130 e. The topological polar surface area (TPSA) is 0 Å². The highest BCUT2D eigenvalue weighted by atomic mass is 32.2.